The van der Waals surface area contributed by atoms with Gasteiger partial charge in [0.25, 0.3) is 5.56 Å². The van der Waals surface area contributed by atoms with E-state index in [4.69, 9.17) is 16.6 Å². The number of benzene rings is 1. The van der Waals surface area contributed by atoms with E-state index in [1.165, 1.54) is 18.3 Å². The van der Waals surface area contributed by atoms with Gasteiger partial charge in [-0.1, -0.05) is 23.7 Å². The zero-order valence-electron chi connectivity index (χ0n) is 15.7. The first-order chi connectivity index (χ1) is 14.3. The molecule has 0 bridgehead atoms. The fourth-order valence-corrected chi connectivity index (χ4v) is 3.82. The van der Waals surface area contributed by atoms with Crippen molar-refractivity contribution in [2.24, 2.45) is 4.99 Å². The molecular formula is C21H16ClF3N4O. The van der Waals surface area contributed by atoms with Gasteiger partial charge in [-0.25, -0.2) is 9.98 Å². The lowest BCUT2D eigenvalue weighted by Gasteiger charge is -2.31. The second-order valence-corrected chi connectivity index (χ2v) is 7.34. The lowest BCUT2D eigenvalue weighted by Crippen LogP contribution is -2.41. The number of rotatable bonds is 4. The summed E-state index contributed by atoms with van der Waals surface area (Å²) >= 11 is 6.03. The standard InChI is InChI=1S/C21H16ClF3N4O/c1-12-21(14-3-5-16(22)6-4-14,15-8-9-26-17(23)10-15)28-19(27-12)13-2-7-18(30)29(11-13)20(24)25/h2-12,20H,1H3,(H,27,28)/t12-,21-/m0/s1. The summed E-state index contributed by atoms with van der Waals surface area (Å²) in [5.74, 6) is -0.355. The molecule has 3 aromatic rings. The molecule has 1 aliphatic rings. The molecule has 0 aliphatic carbocycles. The van der Waals surface area contributed by atoms with Crippen molar-refractivity contribution in [3.63, 3.8) is 0 Å². The molecule has 9 heteroatoms. The number of aliphatic imine (C=N–C) groups is 1. The second kappa shape index (κ2) is 7.60. The van der Waals surface area contributed by atoms with E-state index in [2.05, 4.69) is 10.3 Å². The summed E-state index contributed by atoms with van der Waals surface area (Å²) in [6.07, 6.45) is 2.40. The highest BCUT2D eigenvalue weighted by Gasteiger charge is 2.45. The van der Waals surface area contributed by atoms with Gasteiger partial charge in [-0.05, 0) is 48.4 Å². The first-order valence-electron chi connectivity index (χ1n) is 9.06. The van der Waals surface area contributed by atoms with Gasteiger partial charge in [0.15, 0.2) is 0 Å². The van der Waals surface area contributed by atoms with Crippen molar-refractivity contribution in [1.29, 1.82) is 0 Å². The third-order valence-corrected chi connectivity index (χ3v) is 5.39. The minimum atomic E-state index is -2.98. The van der Waals surface area contributed by atoms with Crippen molar-refractivity contribution in [2.75, 3.05) is 0 Å². The van der Waals surface area contributed by atoms with Crippen LogP contribution in [0.15, 0.2) is 70.7 Å². The lowest BCUT2D eigenvalue weighted by atomic mass is 9.79. The van der Waals surface area contributed by atoms with Crippen LogP contribution in [0.2, 0.25) is 5.02 Å². The van der Waals surface area contributed by atoms with Gasteiger partial charge >= 0.3 is 6.55 Å². The minimum Gasteiger partial charge on any atom is -0.364 e. The second-order valence-electron chi connectivity index (χ2n) is 6.91. The molecular weight excluding hydrogens is 417 g/mol. The van der Waals surface area contributed by atoms with E-state index in [-0.39, 0.29) is 6.04 Å². The molecule has 0 saturated heterocycles. The van der Waals surface area contributed by atoms with E-state index >= 15 is 0 Å². The van der Waals surface area contributed by atoms with Gasteiger partial charge in [0.1, 0.15) is 11.4 Å². The normalized spacial score (nSPS) is 20.9. The van der Waals surface area contributed by atoms with Gasteiger partial charge in [0, 0.05) is 29.0 Å². The van der Waals surface area contributed by atoms with Crippen LogP contribution >= 0.6 is 11.6 Å². The summed E-state index contributed by atoms with van der Waals surface area (Å²) in [6, 6.07) is 12.0. The Morgan fingerprint density at radius 2 is 1.87 bits per heavy atom. The Bertz CT molecular complexity index is 1180. The van der Waals surface area contributed by atoms with Crippen molar-refractivity contribution in [2.45, 2.75) is 25.1 Å². The van der Waals surface area contributed by atoms with Gasteiger partial charge < -0.3 is 5.32 Å². The van der Waals surface area contributed by atoms with Crippen LogP contribution in [0.1, 0.15) is 30.2 Å². The number of aromatic nitrogens is 2. The van der Waals surface area contributed by atoms with E-state index in [1.807, 2.05) is 6.92 Å². The minimum absolute atomic E-state index is 0.309. The first kappa shape index (κ1) is 20.2. The van der Waals surface area contributed by atoms with Crippen LogP contribution in [0.25, 0.3) is 0 Å². The van der Waals surface area contributed by atoms with Crippen LogP contribution in [0, 0.1) is 5.95 Å². The molecule has 1 aromatic carbocycles. The highest BCUT2D eigenvalue weighted by molar-refractivity contribution is 6.30. The first-order valence-corrected chi connectivity index (χ1v) is 9.44. The Balaban J connectivity index is 1.93. The average Bonchev–Trinajstić information content (AvgIpc) is 3.07. The van der Waals surface area contributed by atoms with Gasteiger partial charge in [0.05, 0.1) is 6.04 Å². The number of nitrogens with zero attached hydrogens (tertiary/aromatic N) is 3. The van der Waals surface area contributed by atoms with Crippen LogP contribution in [-0.4, -0.2) is 21.4 Å². The highest BCUT2D eigenvalue weighted by Crippen LogP contribution is 2.41. The molecule has 0 fully saturated rings. The number of nitrogens with one attached hydrogen (secondary N) is 1. The molecule has 3 heterocycles. The van der Waals surface area contributed by atoms with Crippen LogP contribution in [0.4, 0.5) is 13.2 Å². The van der Waals surface area contributed by atoms with Gasteiger partial charge in [-0.3, -0.25) is 9.36 Å². The molecule has 4 rings (SSSR count). The predicted octanol–water partition coefficient (Wildman–Crippen LogP) is 4.11. The molecule has 30 heavy (non-hydrogen) atoms. The summed E-state index contributed by atoms with van der Waals surface area (Å²) in [5, 5.41) is 3.72. The summed E-state index contributed by atoms with van der Waals surface area (Å²) in [5.41, 5.74) is -0.299. The van der Waals surface area contributed by atoms with Crippen LogP contribution in [-0.2, 0) is 5.54 Å². The van der Waals surface area contributed by atoms with Crippen LogP contribution in [0.5, 0.6) is 0 Å². The molecule has 1 aliphatic heterocycles. The largest absolute Gasteiger partial charge is 0.364 e. The van der Waals surface area contributed by atoms with Crippen molar-refractivity contribution in [3.05, 3.63) is 98.9 Å². The van der Waals surface area contributed by atoms with E-state index in [1.54, 1.807) is 30.3 Å². The molecule has 5 nitrogen and oxygen atoms in total. The zero-order valence-corrected chi connectivity index (χ0v) is 16.4. The predicted molar refractivity (Wildman–Crippen MR) is 108 cm³/mol. The molecule has 0 amide bonds. The Morgan fingerprint density at radius 1 is 1.13 bits per heavy atom. The highest BCUT2D eigenvalue weighted by atomic mass is 35.5. The molecule has 0 unspecified atom stereocenters. The summed E-state index contributed by atoms with van der Waals surface area (Å²) < 4.78 is 40.7. The Kier molecular flexibility index (Phi) is 5.11. The van der Waals surface area contributed by atoms with E-state index < -0.39 is 23.6 Å². The number of pyridine rings is 2. The van der Waals surface area contributed by atoms with E-state index in [0.29, 0.717) is 26.6 Å². The third-order valence-electron chi connectivity index (χ3n) is 5.14. The maximum Gasteiger partial charge on any atom is 0.321 e. The number of hydrogen-bond acceptors (Lipinski definition) is 4. The van der Waals surface area contributed by atoms with Gasteiger partial charge in [0.2, 0.25) is 5.95 Å². The van der Waals surface area contributed by atoms with Crippen molar-refractivity contribution >= 4 is 17.4 Å². The average molecular weight is 433 g/mol. The van der Waals surface area contributed by atoms with E-state index in [0.717, 1.165) is 17.8 Å². The molecule has 0 saturated carbocycles. The fourth-order valence-electron chi connectivity index (χ4n) is 3.70. The third kappa shape index (κ3) is 3.37. The summed E-state index contributed by atoms with van der Waals surface area (Å²) in [7, 11) is 0. The molecule has 2 aromatic heterocycles. The smallest absolute Gasteiger partial charge is 0.321 e. The van der Waals surface area contributed by atoms with Gasteiger partial charge in [-0.2, -0.15) is 13.2 Å². The molecule has 1 N–H and O–H groups in total. The number of hydrogen-bond donors (Lipinski definition) is 1. The maximum absolute atomic E-state index is 14.0. The summed E-state index contributed by atoms with van der Waals surface area (Å²) in [6.45, 7) is -1.13. The summed E-state index contributed by atoms with van der Waals surface area (Å²) in [4.78, 5) is 20.1. The lowest BCUT2D eigenvalue weighted by molar-refractivity contribution is 0.0663. The molecule has 154 valence electrons. The van der Waals surface area contributed by atoms with Crippen molar-refractivity contribution in [3.8, 4) is 0 Å². The monoisotopic (exact) mass is 432 g/mol. The fraction of sp³-hybridized carbons (Fsp3) is 0.190. The van der Waals surface area contributed by atoms with Crippen LogP contribution in [0.3, 0.4) is 0 Å². The Labute approximate surface area is 174 Å². The molecule has 0 spiro atoms. The SMILES string of the molecule is C[C@@H]1NC(c2ccc(=O)n(C(F)F)c2)=N[C@@]1(c1ccc(Cl)cc1)c1ccnc(F)c1. The molecule has 2 atom stereocenters. The number of amidine groups is 1. The Morgan fingerprint density at radius 3 is 2.53 bits per heavy atom. The number of halogens is 4. The van der Waals surface area contributed by atoms with Crippen molar-refractivity contribution < 1.29 is 13.2 Å². The topological polar surface area (TPSA) is 59.3 Å². The van der Waals surface area contributed by atoms with Gasteiger partial charge in [-0.15, -0.1) is 0 Å². The van der Waals surface area contributed by atoms with E-state index in [9.17, 15) is 18.0 Å². The maximum atomic E-state index is 14.0. The Hall–Kier alpha value is -3.13. The number of alkyl halides is 2. The quantitative estimate of drug-likeness (QED) is 0.631. The van der Waals surface area contributed by atoms with Crippen LogP contribution < -0.4 is 10.9 Å². The molecule has 0 radical (unpaired) electrons. The van der Waals surface area contributed by atoms with Crippen molar-refractivity contribution in [1.82, 2.24) is 14.9 Å². The zero-order chi connectivity index (χ0) is 21.5.